The summed E-state index contributed by atoms with van der Waals surface area (Å²) in [4.78, 5) is 16.2. The zero-order valence-electron chi connectivity index (χ0n) is 13.5. The van der Waals surface area contributed by atoms with Crippen molar-refractivity contribution in [1.29, 1.82) is 0 Å². The van der Waals surface area contributed by atoms with Crippen LogP contribution in [0.4, 0.5) is 4.39 Å². The molecule has 0 atom stereocenters. The van der Waals surface area contributed by atoms with Gasteiger partial charge >= 0.3 is 5.97 Å². The summed E-state index contributed by atoms with van der Waals surface area (Å²) in [5.74, 6) is -0.705. The van der Waals surface area contributed by atoms with Gasteiger partial charge in [-0.3, -0.25) is 0 Å². The SMILES string of the molecule is CCC(=O)O/N=C(\C)c1cn(-c2ccccc2F)c2ccccc12. The van der Waals surface area contributed by atoms with E-state index in [0.717, 1.165) is 16.5 Å². The minimum atomic E-state index is -0.396. The van der Waals surface area contributed by atoms with Gasteiger partial charge in [0.2, 0.25) is 0 Å². The van der Waals surface area contributed by atoms with Crippen molar-refractivity contribution in [3.63, 3.8) is 0 Å². The number of hydrogen-bond acceptors (Lipinski definition) is 3. The molecular formula is C19H17FN2O2. The molecule has 3 aromatic rings. The topological polar surface area (TPSA) is 43.6 Å². The second-order valence-corrected chi connectivity index (χ2v) is 5.37. The molecule has 3 rings (SSSR count). The van der Waals surface area contributed by atoms with Crippen molar-refractivity contribution in [2.24, 2.45) is 5.16 Å². The van der Waals surface area contributed by atoms with Gasteiger partial charge in [0.1, 0.15) is 5.82 Å². The van der Waals surface area contributed by atoms with Crippen molar-refractivity contribution >= 4 is 22.6 Å². The van der Waals surface area contributed by atoms with Crippen LogP contribution >= 0.6 is 0 Å². The standard InChI is InChI=1S/C19H17FN2O2/c1-3-19(23)24-21-13(2)15-12-22(17-10-6-4-8-14(15)17)18-11-7-5-9-16(18)20/h4-12H,3H2,1-2H3/b21-13+. The Labute approximate surface area is 139 Å². The Bertz CT molecular complexity index is 928. The first kappa shape index (κ1) is 15.9. The van der Waals surface area contributed by atoms with Crippen LogP contribution in [0.5, 0.6) is 0 Å². The molecule has 0 bridgehead atoms. The van der Waals surface area contributed by atoms with Crippen molar-refractivity contribution in [2.45, 2.75) is 20.3 Å². The van der Waals surface area contributed by atoms with Gasteiger partial charge in [-0.05, 0) is 25.1 Å². The number of hydrogen-bond donors (Lipinski definition) is 0. The molecule has 0 aliphatic carbocycles. The van der Waals surface area contributed by atoms with Gasteiger partial charge in [-0.2, -0.15) is 0 Å². The number of oxime groups is 1. The first-order chi connectivity index (χ1) is 11.6. The summed E-state index contributed by atoms with van der Waals surface area (Å²) in [6.45, 7) is 3.47. The fraction of sp³-hybridized carbons (Fsp3) is 0.158. The van der Waals surface area contributed by atoms with Crippen LogP contribution in [0, 0.1) is 5.82 Å². The zero-order chi connectivity index (χ0) is 17.1. The minimum absolute atomic E-state index is 0.258. The number of rotatable bonds is 4. The maximum atomic E-state index is 14.2. The lowest BCUT2D eigenvalue weighted by Gasteiger charge is -2.06. The lowest BCUT2D eigenvalue weighted by Crippen LogP contribution is -2.01. The normalized spacial score (nSPS) is 11.7. The predicted octanol–water partition coefficient (Wildman–Crippen LogP) is 4.45. The summed E-state index contributed by atoms with van der Waals surface area (Å²) in [5.41, 5.74) is 2.66. The molecule has 4 nitrogen and oxygen atoms in total. The van der Waals surface area contributed by atoms with Crippen LogP contribution in [0.2, 0.25) is 0 Å². The average molecular weight is 324 g/mol. The van der Waals surface area contributed by atoms with E-state index in [2.05, 4.69) is 5.16 Å². The smallest absolute Gasteiger partial charge is 0.318 e. The molecule has 0 unspecified atom stereocenters. The van der Waals surface area contributed by atoms with Gasteiger partial charge in [-0.25, -0.2) is 9.18 Å². The Hall–Kier alpha value is -2.95. The summed E-state index contributed by atoms with van der Waals surface area (Å²) >= 11 is 0. The number of benzene rings is 2. The second kappa shape index (κ2) is 6.66. The highest BCUT2D eigenvalue weighted by Crippen LogP contribution is 2.26. The summed E-state index contributed by atoms with van der Waals surface area (Å²) in [7, 11) is 0. The molecule has 0 amide bonds. The van der Waals surface area contributed by atoms with E-state index in [-0.39, 0.29) is 12.2 Å². The van der Waals surface area contributed by atoms with Crippen molar-refractivity contribution in [2.75, 3.05) is 0 Å². The fourth-order valence-electron chi connectivity index (χ4n) is 2.55. The van der Waals surface area contributed by atoms with E-state index in [1.807, 2.05) is 30.5 Å². The summed E-state index contributed by atoms with van der Waals surface area (Å²) < 4.78 is 16.0. The maximum Gasteiger partial charge on any atom is 0.334 e. The molecule has 1 heterocycles. The highest BCUT2D eigenvalue weighted by Gasteiger charge is 2.14. The Morgan fingerprint density at radius 2 is 1.88 bits per heavy atom. The molecule has 0 fully saturated rings. The second-order valence-electron chi connectivity index (χ2n) is 5.37. The maximum absolute atomic E-state index is 14.2. The lowest BCUT2D eigenvalue weighted by molar-refractivity contribution is -0.143. The number of carbonyl (C=O) groups excluding carboxylic acids is 1. The quantitative estimate of drug-likeness (QED) is 0.404. The third-order valence-corrected chi connectivity index (χ3v) is 3.79. The highest BCUT2D eigenvalue weighted by atomic mass is 19.1. The van der Waals surface area contributed by atoms with Crippen LogP contribution < -0.4 is 0 Å². The highest BCUT2D eigenvalue weighted by molar-refractivity contribution is 6.10. The van der Waals surface area contributed by atoms with Gasteiger partial charge in [-0.1, -0.05) is 42.4 Å². The summed E-state index contributed by atoms with van der Waals surface area (Å²) in [5, 5.41) is 4.82. The lowest BCUT2D eigenvalue weighted by atomic mass is 10.1. The van der Waals surface area contributed by atoms with Crippen LogP contribution in [0.3, 0.4) is 0 Å². The van der Waals surface area contributed by atoms with Crippen LogP contribution in [0.15, 0.2) is 59.9 Å². The van der Waals surface area contributed by atoms with Crippen LogP contribution in [0.25, 0.3) is 16.6 Å². The number of halogens is 1. The van der Waals surface area contributed by atoms with Crippen molar-refractivity contribution in [3.8, 4) is 5.69 Å². The average Bonchev–Trinajstić information content (AvgIpc) is 2.99. The monoisotopic (exact) mass is 324 g/mol. The first-order valence-electron chi connectivity index (χ1n) is 7.71. The number of para-hydroxylation sites is 2. The number of aromatic nitrogens is 1. The van der Waals surface area contributed by atoms with Gasteiger partial charge in [0.15, 0.2) is 0 Å². The van der Waals surface area contributed by atoms with E-state index < -0.39 is 5.97 Å². The Kier molecular flexibility index (Phi) is 4.42. The molecule has 0 saturated carbocycles. The third kappa shape index (κ3) is 2.93. The fourth-order valence-corrected chi connectivity index (χ4v) is 2.55. The summed E-state index contributed by atoms with van der Waals surface area (Å²) in [6, 6.07) is 14.2. The number of nitrogens with zero attached hydrogens (tertiary/aromatic N) is 2. The van der Waals surface area contributed by atoms with Gasteiger partial charge in [0.05, 0.1) is 16.9 Å². The molecule has 0 aliphatic rings. The Balaban J connectivity index is 2.14. The minimum Gasteiger partial charge on any atom is -0.318 e. The first-order valence-corrected chi connectivity index (χ1v) is 7.71. The van der Waals surface area contributed by atoms with E-state index >= 15 is 0 Å². The molecule has 24 heavy (non-hydrogen) atoms. The van der Waals surface area contributed by atoms with Gasteiger partial charge in [0, 0.05) is 23.6 Å². The Morgan fingerprint density at radius 1 is 1.17 bits per heavy atom. The zero-order valence-corrected chi connectivity index (χ0v) is 13.5. The number of carbonyl (C=O) groups is 1. The Morgan fingerprint density at radius 3 is 2.62 bits per heavy atom. The van der Waals surface area contributed by atoms with E-state index in [9.17, 15) is 9.18 Å². The molecule has 5 heteroatoms. The van der Waals surface area contributed by atoms with Gasteiger partial charge in [0.25, 0.3) is 0 Å². The van der Waals surface area contributed by atoms with E-state index in [1.165, 1.54) is 6.07 Å². The molecule has 0 saturated heterocycles. The van der Waals surface area contributed by atoms with E-state index in [0.29, 0.717) is 11.4 Å². The van der Waals surface area contributed by atoms with Crippen molar-refractivity contribution < 1.29 is 14.0 Å². The molecule has 2 aromatic carbocycles. The van der Waals surface area contributed by atoms with E-state index in [1.54, 1.807) is 36.6 Å². The van der Waals surface area contributed by atoms with Crippen molar-refractivity contribution in [1.82, 2.24) is 4.57 Å². The predicted molar refractivity (Wildman–Crippen MR) is 91.8 cm³/mol. The number of fused-ring (bicyclic) bond motifs is 1. The summed E-state index contributed by atoms with van der Waals surface area (Å²) in [6.07, 6.45) is 2.06. The molecule has 122 valence electrons. The molecule has 0 spiro atoms. The van der Waals surface area contributed by atoms with Crippen LogP contribution in [-0.4, -0.2) is 16.2 Å². The van der Waals surface area contributed by atoms with Crippen LogP contribution in [0.1, 0.15) is 25.8 Å². The van der Waals surface area contributed by atoms with Gasteiger partial charge < -0.3 is 9.40 Å². The molecule has 0 N–H and O–H groups in total. The molecule has 1 aromatic heterocycles. The van der Waals surface area contributed by atoms with Crippen LogP contribution in [-0.2, 0) is 9.63 Å². The molecule has 0 aliphatic heterocycles. The van der Waals surface area contributed by atoms with Gasteiger partial charge in [-0.15, -0.1) is 0 Å². The third-order valence-electron chi connectivity index (χ3n) is 3.79. The molecular weight excluding hydrogens is 307 g/mol. The van der Waals surface area contributed by atoms with Crippen molar-refractivity contribution in [3.05, 3.63) is 66.1 Å². The molecule has 0 radical (unpaired) electrons. The van der Waals surface area contributed by atoms with E-state index in [4.69, 9.17) is 4.84 Å². The largest absolute Gasteiger partial charge is 0.334 e.